The van der Waals surface area contributed by atoms with Crippen molar-refractivity contribution in [1.29, 1.82) is 0 Å². The zero-order valence-electron chi connectivity index (χ0n) is 24.4. The summed E-state index contributed by atoms with van der Waals surface area (Å²) in [6.45, 7) is 3.91. The molecule has 1 aromatic carbocycles. The van der Waals surface area contributed by atoms with Crippen LogP contribution in [0, 0.1) is 16.0 Å². The van der Waals surface area contributed by atoms with E-state index in [2.05, 4.69) is 16.0 Å². The Bertz CT molecular complexity index is 1310. The average Bonchev–Trinajstić information content (AvgIpc) is 2.91. The fraction of sp³-hybridized carbons (Fsp3) is 0.462. The molecule has 8 N–H and O–H groups in total. The van der Waals surface area contributed by atoms with Gasteiger partial charge in [-0.05, 0) is 24.5 Å². The van der Waals surface area contributed by atoms with Crippen molar-refractivity contribution in [3.8, 4) is 0 Å². The molecule has 0 saturated heterocycles. The first-order valence-electron chi connectivity index (χ1n) is 13.3. The number of amides is 5. The van der Waals surface area contributed by atoms with Crippen LogP contribution in [0.25, 0.3) is 0 Å². The quantitative estimate of drug-likeness (QED) is 0.0729. The molecule has 246 valence electrons. The minimum atomic E-state index is -1.92. The number of hydrogen-bond donors (Lipinski definition) is 7. The minimum Gasteiger partial charge on any atom is -0.481 e. The van der Waals surface area contributed by atoms with Gasteiger partial charge in [-0.2, -0.15) is 0 Å². The van der Waals surface area contributed by atoms with Crippen LogP contribution in [-0.4, -0.2) is 91.9 Å². The van der Waals surface area contributed by atoms with Crippen molar-refractivity contribution in [3.63, 3.8) is 0 Å². The van der Waals surface area contributed by atoms with Gasteiger partial charge in [-0.1, -0.05) is 13.8 Å². The Hall–Kier alpha value is -5.62. The van der Waals surface area contributed by atoms with Crippen molar-refractivity contribution in [2.45, 2.75) is 70.6 Å². The van der Waals surface area contributed by atoms with Crippen molar-refractivity contribution < 1.29 is 58.6 Å². The number of nitrogens with one attached hydrogen (secondary N) is 3. The summed E-state index contributed by atoms with van der Waals surface area (Å²) < 4.78 is 0. The predicted octanol–water partition coefficient (Wildman–Crippen LogP) is -1.27. The first kappa shape index (κ1) is 37.4. The maximum atomic E-state index is 13.9. The number of nitrogens with zero attached hydrogens (tertiary/aromatic N) is 2. The molecule has 19 heteroatoms. The molecule has 1 aromatic rings. The summed E-state index contributed by atoms with van der Waals surface area (Å²) in [5.74, 6) is -10.6. The van der Waals surface area contributed by atoms with E-state index in [-0.39, 0.29) is 5.69 Å². The first-order chi connectivity index (χ1) is 20.8. The number of carbonyl (C=O) groups excluding carboxylic acids is 5. The summed E-state index contributed by atoms with van der Waals surface area (Å²) >= 11 is 0. The van der Waals surface area contributed by atoms with Gasteiger partial charge >= 0.3 is 17.9 Å². The van der Waals surface area contributed by atoms with E-state index in [1.54, 1.807) is 0 Å². The highest BCUT2D eigenvalue weighted by atomic mass is 16.6. The van der Waals surface area contributed by atoms with Crippen molar-refractivity contribution in [2.75, 3.05) is 4.90 Å². The van der Waals surface area contributed by atoms with E-state index < -0.39 is 114 Å². The highest BCUT2D eigenvalue weighted by Crippen LogP contribution is 2.25. The lowest BCUT2D eigenvalue weighted by Crippen LogP contribution is -2.60. The number of carbonyl (C=O) groups is 8. The molecule has 0 aliphatic heterocycles. The minimum absolute atomic E-state index is 0.207. The third kappa shape index (κ3) is 11.9. The second-order valence-corrected chi connectivity index (χ2v) is 10.1. The third-order valence-electron chi connectivity index (χ3n) is 6.15. The Labute approximate surface area is 255 Å². The number of hydrogen-bond acceptors (Lipinski definition) is 10. The first-order valence-corrected chi connectivity index (χ1v) is 13.3. The molecule has 1 rings (SSSR count). The number of carboxylic acid groups (broad SMARTS) is 3. The van der Waals surface area contributed by atoms with Crippen molar-refractivity contribution in [3.05, 3.63) is 34.4 Å². The molecule has 0 heterocycles. The van der Waals surface area contributed by atoms with Crippen molar-refractivity contribution in [2.24, 2.45) is 11.7 Å². The van der Waals surface area contributed by atoms with Crippen LogP contribution in [0.15, 0.2) is 24.3 Å². The smallest absolute Gasteiger partial charge is 0.327 e. The largest absolute Gasteiger partial charge is 0.481 e. The topological polar surface area (TPSA) is 306 Å². The summed E-state index contributed by atoms with van der Waals surface area (Å²) in [5.41, 5.74) is 4.60. The van der Waals surface area contributed by atoms with Crippen LogP contribution in [0.5, 0.6) is 0 Å². The monoisotopic (exact) mass is 638 g/mol. The zero-order chi connectivity index (χ0) is 34.6. The summed E-state index contributed by atoms with van der Waals surface area (Å²) in [5, 5.41) is 45.8. The second kappa shape index (κ2) is 16.9. The average molecular weight is 639 g/mol. The highest BCUT2D eigenvalue weighted by molar-refractivity contribution is 6.05. The lowest BCUT2D eigenvalue weighted by molar-refractivity contribution is -0.384. The van der Waals surface area contributed by atoms with Crippen LogP contribution in [0.1, 0.15) is 46.5 Å². The fourth-order valence-electron chi connectivity index (χ4n) is 4.03. The summed E-state index contributed by atoms with van der Waals surface area (Å²) in [6, 6.07) is -2.79. The van der Waals surface area contributed by atoms with Crippen molar-refractivity contribution in [1.82, 2.24) is 16.0 Å². The molecule has 5 amide bonds. The van der Waals surface area contributed by atoms with E-state index in [4.69, 9.17) is 15.9 Å². The Morgan fingerprint density at radius 2 is 1.42 bits per heavy atom. The fourth-order valence-corrected chi connectivity index (χ4v) is 4.03. The number of primary amides is 1. The lowest BCUT2D eigenvalue weighted by Gasteiger charge is -2.34. The molecule has 0 aliphatic rings. The third-order valence-corrected chi connectivity index (χ3v) is 6.15. The van der Waals surface area contributed by atoms with E-state index in [1.807, 2.05) is 0 Å². The van der Waals surface area contributed by atoms with Crippen LogP contribution >= 0.6 is 0 Å². The molecule has 19 nitrogen and oxygen atoms in total. The van der Waals surface area contributed by atoms with E-state index >= 15 is 0 Å². The van der Waals surface area contributed by atoms with Gasteiger partial charge in [0.25, 0.3) is 11.6 Å². The number of aliphatic carboxylic acids is 3. The van der Waals surface area contributed by atoms with Gasteiger partial charge in [0.05, 0.1) is 17.8 Å². The Morgan fingerprint density at radius 1 is 0.867 bits per heavy atom. The second-order valence-electron chi connectivity index (χ2n) is 10.1. The molecular weight excluding hydrogens is 604 g/mol. The van der Waals surface area contributed by atoms with E-state index in [1.165, 1.54) is 13.8 Å². The number of anilines is 1. The maximum absolute atomic E-state index is 13.9. The van der Waals surface area contributed by atoms with E-state index in [0.717, 1.165) is 31.2 Å². The van der Waals surface area contributed by atoms with Crippen LogP contribution < -0.4 is 26.6 Å². The SMILES string of the molecule is CC(=O)N[C@@H](CC(=O)O)C(=O)N[C@@H](CCC(=O)O)C(=O)N[C@H](C(=O)N(c1ccc([N+](=O)[O-])cc1)[C@@H](CC(N)=O)C(=O)O)C(C)C. The normalized spacial score (nSPS) is 13.3. The number of benzene rings is 1. The van der Waals surface area contributed by atoms with E-state index in [0.29, 0.717) is 4.90 Å². The molecule has 0 aromatic heterocycles. The molecule has 45 heavy (non-hydrogen) atoms. The lowest BCUT2D eigenvalue weighted by atomic mass is 9.99. The Morgan fingerprint density at radius 3 is 1.84 bits per heavy atom. The molecule has 0 saturated carbocycles. The zero-order valence-corrected chi connectivity index (χ0v) is 24.4. The van der Waals surface area contributed by atoms with Crippen molar-refractivity contribution >= 4 is 58.8 Å². The van der Waals surface area contributed by atoms with Crippen LogP contribution in [0.2, 0.25) is 0 Å². The van der Waals surface area contributed by atoms with E-state index in [9.17, 15) is 53.6 Å². The van der Waals surface area contributed by atoms with Gasteiger partial charge in [-0.15, -0.1) is 0 Å². The van der Waals surface area contributed by atoms with Gasteiger partial charge in [0.2, 0.25) is 23.6 Å². The number of nitro benzene ring substituents is 1. The summed E-state index contributed by atoms with van der Waals surface area (Å²) in [6.07, 6.45) is -2.98. The predicted molar refractivity (Wildman–Crippen MR) is 151 cm³/mol. The molecular formula is C26H34N6O13. The molecule has 0 unspecified atom stereocenters. The number of nitrogens with two attached hydrogens (primary N) is 1. The highest BCUT2D eigenvalue weighted by Gasteiger charge is 2.39. The Balaban J connectivity index is 3.53. The van der Waals surface area contributed by atoms with Gasteiger partial charge in [-0.3, -0.25) is 48.6 Å². The number of carboxylic acids is 3. The van der Waals surface area contributed by atoms with Crippen LogP contribution in [0.3, 0.4) is 0 Å². The van der Waals surface area contributed by atoms with Gasteiger partial charge in [-0.25, -0.2) is 4.79 Å². The number of rotatable bonds is 18. The molecule has 4 atom stereocenters. The van der Waals surface area contributed by atoms with Crippen LogP contribution in [0.4, 0.5) is 11.4 Å². The molecule has 0 fully saturated rings. The van der Waals surface area contributed by atoms with Gasteiger partial charge < -0.3 is 37.0 Å². The van der Waals surface area contributed by atoms with Crippen LogP contribution in [-0.2, 0) is 38.4 Å². The molecule has 0 spiro atoms. The number of non-ortho nitro benzene ring substituents is 1. The Kier molecular flexibility index (Phi) is 14.0. The molecule has 0 aliphatic carbocycles. The van der Waals surface area contributed by atoms with Gasteiger partial charge in [0, 0.05) is 31.2 Å². The molecule has 0 bridgehead atoms. The maximum Gasteiger partial charge on any atom is 0.327 e. The molecule has 0 radical (unpaired) electrons. The summed E-state index contributed by atoms with van der Waals surface area (Å²) in [4.78, 5) is 109. The van der Waals surface area contributed by atoms with Gasteiger partial charge in [0.1, 0.15) is 24.2 Å². The standard InChI is InChI=1S/C26H34N6O13/c1-12(2)22(25(41)31(18(26(42)43)11-19(27)34)14-4-6-15(7-5-14)32(44)45)30-23(39)16(8-9-20(35)36)29-24(40)17(10-21(37)38)28-13(3)33/h4-7,12,16-18,22H,8-11H2,1-3H3,(H2,27,34)(H,28,33)(H,29,40)(H,30,39)(H,35,36)(H,37,38)(H,42,43)/t16-,17-,18-,22-/m0/s1. The number of nitro groups is 1. The summed E-state index contributed by atoms with van der Waals surface area (Å²) in [7, 11) is 0. The van der Waals surface area contributed by atoms with Gasteiger partial charge in [0.15, 0.2) is 0 Å².